The van der Waals surface area contributed by atoms with Crippen LogP contribution >= 0.6 is 0 Å². The highest BCUT2D eigenvalue weighted by Crippen LogP contribution is 2.37. The van der Waals surface area contributed by atoms with Crippen molar-refractivity contribution in [2.24, 2.45) is 0 Å². The number of halogens is 2. The first-order valence-corrected chi connectivity index (χ1v) is 15.1. The number of carbonyl (C=O) groups excluding carboxylic acids is 1. The summed E-state index contributed by atoms with van der Waals surface area (Å²) in [5.41, 5.74) is -0.367. The van der Waals surface area contributed by atoms with E-state index < -0.39 is 44.1 Å². The average Bonchev–Trinajstić information content (AvgIpc) is 3.10. The summed E-state index contributed by atoms with van der Waals surface area (Å²) in [4.78, 5) is 28.1. The molecule has 6 rings (SSSR count). The standard InChI is InChI=1S/C29H27F2N5O5S/c1-2-40-23-7-9-32-28-20(23)4-3-10-36(28)26-6-5-17-15-33-19(14-22(17)35-26)16-34-29(37)18-12-21(30)27-24(13-18)42(38,39)25(31)8-11-41-27/h5-7,9,12-15,25H,2-4,8,10-11,16H2,1H3,(H,34,37)/t25-/m1/s1. The third-order valence-corrected chi connectivity index (χ3v) is 9.01. The minimum absolute atomic E-state index is 0.0415. The van der Waals surface area contributed by atoms with E-state index in [4.69, 9.17) is 14.5 Å². The van der Waals surface area contributed by atoms with Crippen LogP contribution in [0.15, 0.2) is 53.7 Å². The molecule has 0 aliphatic carbocycles. The number of ether oxygens (including phenoxy) is 2. The number of benzene rings is 1. The van der Waals surface area contributed by atoms with Crippen LogP contribution in [0.5, 0.6) is 11.5 Å². The van der Waals surface area contributed by atoms with Gasteiger partial charge in [0.1, 0.15) is 22.3 Å². The zero-order valence-corrected chi connectivity index (χ0v) is 23.5. The van der Waals surface area contributed by atoms with Gasteiger partial charge in [0.25, 0.3) is 5.91 Å². The topological polar surface area (TPSA) is 124 Å². The summed E-state index contributed by atoms with van der Waals surface area (Å²) < 4.78 is 64.9. The number of hydrogen-bond acceptors (Lipinski definition) is 9. The van der Waals surface area contributed by atoms with Gasteiger partial charge in [-0.3, -0.25) is 9.78 Å². The number of fused-ring (bicyclic) bond motifs is 3. The molecule has 1 amide bonds. The summed E-state index contributed by atoms with van der Waals surface area (Å²) in [6.07, 6.45) is 4.70. The Hall–Kier alpha value is -4.39. The molecular weight excluding hydrogens is 568 g/mol. The summed E-state index contributed by atoms with van der Waals surface area (Å²) in [5.74, 6) is -0.0557. The second-order valence-electron chi connectivity index (χ2n) is 9.90. The van der Waals surface area contributed by atoms with Crippen LogP contribution in [0.4, 0.5) is 20.4 Å². The maximum atomic E-state index is 14.7. The Balaban J connectivity index is 1.23. The predicted octanol–water partition coefficient (Wildman–Crippen LogP) is 4.43. The monoisotopic (exact) mass is 595 g/mol. The number of anilines is 2. The summed E-state index contributed by atoms with van der Waals surface area (Å²) in [6, 6.07) is 9.22. The van der Waals surface area contributed by atoms with Gasteiger partial charge in [-0.1, -0.05) is 0 Å². The van der Waals surface area contributed by atoms with E-state index in [9.17, 15) is 22.0 Å². The van der Waals surface area contributed by atoms with Crippen LogP contribution in [0.3, 0.4) is 0 Å². The van der Waals surface area contributed by atoms with Crippen LogP contribution in [-0.4, -0.2) is 54.5 Å². The minimum atomic E-state index is -4.51. The molecule has 0 saturated heterocycles. The van der Waals surface area contributed by atoms with E-state index in [0.29, 0.717) is 23.6 Å². The molecule has 5 heterocycles. The Bertz CT molecular complexity index is 1800. The summed E-state index contributed by atoms with van der Waals surface area (Å²) in [5, 5.41) is 3.41. The highest BCUT2D eigenvalue weighted by Gasteiger charge is 2.35. The minimum Gasteiger partial charge on any atom is -0.493 e. The van der Waals surface area contributed by atoms with Gasteiger partial charge >= 0.3 is 0 Å². The third kappa shape index (κ3) is 5.08. The molecule has 10 nitrogen and oxygen atoms in total. The molecule has 2 aliphatic heterocycles. The van der Waals surface area contributed by atoms with Crippen LogP contribution in [-0.2, 0) is 22.8 Å². The fourth-order valence-corrected chi connectivity index (χ4v) is 6.52. The molecule has 0 saturated carbocycles. The summed E-state index contributed by atoms with van der Waals surface area (Å²) >= 11 is 0. The third-order valence-electron chi connectivity index (χ3n) is 7.18. The first-order valence-electron chi connectivity index (χ1n) is 13.5. The van der Waals surface area contributed by atoms with Crippen molar-refractivity contribution in [1.82, 2.24) is 20.3 Å². The van der Waals surface area contributed by atoms with Crippen LogP contribution in [0.25, 0.3) is 10.9 Å². The van der Waals surface area contributed by atoms with E-state index in [-0.39, 0.29) is 18.7 Å². The fourth-order valence-electron chi connectivity index (χ4n) is 5.13. The SMILES string of the molecule is CCOc1ccnc2c1CCCN2c1ccc2cnc(CNC(=O)c3cc(F)c4c(c3)S(=O)(=O)[C@@H](F)CCO4)cc2n1. The molecule has 42 heavy (non-hydrogen) atoms. The summed E-state index contributed by atoms with van der Waals surface area (Å²) in [7, 11) is -4.51. The molecule has 2 aliphatic rings. The van der Waals surface area contributed by atoms with Gasteiger partial charge in [0.05, 0.1) is 31.0 Å². The number of pyridine rings is 3. The van der Waals surface area contributed by atoms with E-state index in [1.54, 1.807) is 18.5 Å². The van der Waals surface area contributed by atoms with Gasteiger partial charge in [0.2, 0.25) is 15.3 Å². The lowest BCUT2D eigenvalue weighted by atomic mass is 10.0. The van der Waals surface area contributed by atoms with Crippen molar-refractivity contribution >= 4 is 38.3 Å². The summed E-state index contributed by atoms with van der Waals surface area (Å²) in [6.45, 7) is 2.90. The maximum Gasteiger partial charge on any atom is 0.251 e. The largest absolute Gasteiger partial charge is 0.493 e. The maximum absolute atomic E-state index is 14.7. The predicted molar refractivity (Wildman–Crippen MR) is 150 cm³/mol. The Morgan fingerprint density at radius 1 is 1.21 bits per heavy atom. The number of sulfone groups is 1. The Morgan fingerprint density at radius 3 is 2.90 bits per heavy atom. The van der Waals surface area contributed by atoms with Gasteiger partial charge < -0.3 is 19.7 Å². The normalized spacial score (nSPS) is 17.5. The van der Waals surface area contributed by atoms with Crippen molar-refractivity contribution in [3.63, 3.8) is 0 Å². The van der Waals surface area contributed by atoms with Crippen molar-refractivity contribution in [2.75, 3.05) is 24.7 Å². The Labute approximate surface area is 240 Å². The molecule has 1 N–H and O–H groups in total. The molecule has 4 aromatic rings. The molecule has 1 atom stereocenters. The van der Waals surface area contributed by atoms with Crippen LogP contribution in [0.2, 0.25) is 0 Å². The van der Waals surface area contributed by atoms with Gasteiger partial charge in [-0.15, -0.1) is 0 Å². The number of carbonyl (C=O) groups is 1. The zero-order valence-electron chi connectivity index (χ0n) is 22.6. The van der Waals surface area contributed by atoms with E-state index >= 15 is 0 Å². The lowest BCUT2D eigenvalue weighted by molar-refractivity contribution is 0.0949. The molecule has 218 valence electrons. The van der Waals surface area contributed by atoms with Crippen molar-refractivity contribution in [1.29, 1.82) is 0 Å². The van der Waals surface area contributed by atoms with Crippen molar-refractivity contribution in [3.05, 3.63) is 71.4 Å². The van der Waals surface area contributed by atoms with Crippen molar-refractivity contribution in [2.45, 2.75) is 43.1 Å². The van der Waals surface area contributed by atoms with E-state index in [2.05, 4.69) is 20.2 Å². The Kier molecular flexibility index (Phi) is 7.35. The smallest absolute Gasteiger partial charge is 0.251 e. The first-order chi connectivity index (χ1) is 20.3. The molecule has 0 spiro atoms. The number of amides is 1. The van der Waals surface area contributed by atoms with Gasteiger partial charge in [-0.2, -0.15) is 0 Å². The first kappa shape index (κ1) is 27.8. The second kappa shape index (κ2) is 11.1. The second-order valence-corrected chi connectivity index (χ2v) is 11.9. The van der Waals surface area contributed by atoms with E-state index in [1.165, 1.54) is 0 Å². The lowest BCUT2D eigenvalue weighted by Gasteiger charge is -2.30. The van der Waals surface area contributed by atoms with Gasteiger partial charge in [-0.25, -0.2) is 27.2 Å². The molecule has 0 fully saturated rings. The molecular formula is C29H27F2N5O5S. The van der Waals surface area contributed by atoms with Crippen LogP contribution in [0.1, 0.15) is 41.4 Å². The number of nitrogens with zero attached hydrogens (tertiary/aromatic N) is 4. The number of aromatic nitrogens is 3. The van der Waals surface area contributed by atoms with Crippen molar-refractivity contribution in [3.8, 4) is 11.5 Å². The van der Waals surface area contributed by atoms with Crippen LogP contribution in [0, 0.1) is 5.82 Å². The van der Waals surface area contributed by atoms with E-state index in [1.807, 2.05) is 25.1 Å². The highest BCUT2D eigenvalue weighted by molar-refractivity contribution is 7.92. The molecule has 3 aromatic heterocycles. The number of hydrogen-bond donors (Lipinski definition) is 1. The molecule has 0 radical (unpaired) electrons. The molecule has 0 bridgehead atoms. The molecule has 0 unspecified atom stereocenters. The lowest BCUT2D eigenvalue weighted by Crippen LogP contribution is -2.27. The molecule has 1 aromatic carbocycles. The van der Waals surface area contributed by atoms with Crippen LogP contribution < -0.4 is 19.7 Å². The van der Waals surface area contributed by atoms with Gasteiger partial charge in [0.15, 0.2) is 11.6 Å². The van der Waals surface area contributed by atoms with E-state index in [0.717, 1.165) is 54.0 Å². The average molecular weight is 596 g/mol. The van der Waals surface area contributed by atoms with Gasteiger partial charge in [-0.05, 0) is 56.2 Å². The zero-order chi connectivity index (χ0) is 29.4. The number of alkyl halides is 1. The molecule has 13 heteroatoms. The van der Waals surface area contributed by atoms with Crippen molar-refractivity contribution < 1.29 is 31.5 Å². The Morgan fingerprint density at radius 2 is 2.07 bits per heavy atom. The quantitative estimate of drug-likeness (QED) is 0.345. The highest BCUT2D eigenvalue weighted by atomic mass is 32.2. The number of nitrogens with one attached hydrogen (secondary N) is 1. The fraction of sp³-hybridized carbons (Fsp3) is 0.310. The van der Waals surface area contributed by atoms with Gasteiger partial charge in [0, 0.05) is 41.9 Å². The number of rotatable bonds is 6.